The molecule has 5 nitrogen and oxygen atoms in total. The van der Waals surface area contributed by atoms with Crippen LogP contribution in [0, 0.1) is 6.92 Å². The first-order chi connectivity index (χ1) is 14.5. The van der Waals surface area contributed by atoms with Crippen LogP contribution in [-0.2, 0) is 16.0 Å². The molecule has 2 fully saturated rings. The molecule has 0 aliphatic carbocycles. The number of hydrogen-bond acceptors (Lipinski definition) is 3. The lowest BCUT2D eigenvalue weighted by atomic mass is 9.92. The molecule has 0 unspecified atom stereocenters. The molecule has 2 amide bonds. The molecular weight excluding hydrogens is 398 g/mol. The van der Waals surface area contributed by atoms with E-state index in [0.717, 1.165) is 48.6 Å². The summed E-state index contributed by atoms with van der Waals surface area (Å²) in [5.41, 5.74) is 4.44. The second-order valence-corrected chi connectivity index (χ2v) is 8.88. The number of amides is 2. The van der Waals surface area contributed by atoms with Gasteiger partial charge in [-0.3, -0.25) is 14.6 Å². The maximum atomic E-state index is 12.8. The first-order valence-corrected chi connectivity index (χ1v) is 11.1. The standard InChI is InChI=1S/C24H28ClN3O2/c1-17-11-19(12-18-5-2-7-21(25)13-18)14-22(26-17)20-6-3-9-27(15-20)24(30)16-28-10-4-8-23(28)29/h2,5,7,11,13-14,20H,3-4,6,8-10,12,15-16H2,1H3/t20-/m0/s1. The number of likely N-dealkylation sites (tertiary alicyclic amines) is 2. The Hall–Kier alpha value is -2.40. The van der Waals surface area contributed by atoms with Gasteiger partial charge < -0.3 is 9.80 Å². The molecule has 0 N–H and O–H groups in total. The normalized spacial score (nSPS) is 19.4. The van der Waals surface area contributed by atoms with Crippen LogP contribution in [0.1, 0.15) is 54.1 Å². The number of piperidine rings is 1. The second kappa shape index (κ2) is 9.17. The minimum Gasteiger partial charge on any atom is -0.340 e. The van der Waals surface area contributed by atoms with Crippen LogP contribution in [0.2, 0.25) is 5.02 Å². The quantitative estimate of drug-likeness (QED) is 0.728. The van der Waals surface area contributed by atoms with Gasteiger partial charge in [0.05, 0.1) is 6.54 Å². The van der Waals surface area contributed by atoms with Crippen molar-refractivity contribution in [2.24, 2.45) is 0 Å². The summed E-state index contributed by atoms with van der Waals surface area (Å²) in [5, 5.41) is 0.747. The number of carbonyl (C=O) groups is 2. The number of aromatic nitrogens is 1. The van der Waals surface area contributed by atoms with Crippen molar-refractivity contribution in [3.8, 4) is 0 Å². The molecule has 0 saturated carbocycles. The third kappa shape index (κ3) is 5.01. The first kappa shape index (κ1) is 20.9. The molecule has 6 heteroatoms. The average molecular weight is 426 g/mol. The van der Waals surface area contributed by atoms with Crippen LogP contribution in [0.3, 0.4) is 0 Å². The molecule has 3 heterocycles. The lowest BCUT2D eigenvalue weighted by Crippen LogP contribution is -2.45. The Morgan fingerprint density at radius 3 is 2.80 bits per heavy atom. The molecule has 4 rings (SSSR count). The summed E-state index contributed by atoms with van der Waals surface area (Å²) in [6.45, 7) is 4.38. The van der Waals surface area contributed by atoms with E-state index < -0.39 is 0 Å². The van der Waals surface area contributed by atoms with Gasteiger partial charge in [-0.15, -0.1) is 0 Å². The zero-order valence-corrected chi connectivity index (χ0v) is 18.2. The Labute approximate surface area is 183 Å². The summed E-state index contributed by atoms with van der Waals surface area (Å²) in [6, 6.07) is 12.2. The van der Waals surface area contributed by atoms with Crippen LogP contribution in [0.25, 0.3) is 0 Å². The van der Waals surface area contributed by atoms with Crippen molar-refractivity contribution in [3.05, 3.63) is 63.9 Å². The van der Waals surface area contributed by atoms with Gasteiger partial charge in [-0.25, -0.2) is 0 Å². The third-order valence-corrected chi connectivity index (χ3v) is 6.26. The van der Waals surface area contributed by atoms with E-state index in [1.807, 2.05) is 30.0 Å². The van der Waals surface area contributed by atoms with Gasteiger partial charge in [0, 0.05) is 48.4 Å². The van der Waals surface area contributed by atoms with Crippen LogP contribution in [0.5, 0.6) is 0 Å². The third-order valence-electron chi connectivity index (χ3n) is 6.02. The van der Waals surface area contributed by atoms with E-state index in [1.54, 1.807) is 4.90 Å². The van der Waals surface area contributed by atoms with Crippen LogP contribution in [-0.4, -0.2) is 52.8 Å². The van der Waals surface area contributed by atoms with Crippen molar-refractivity contribution >= 4 is 23.4 Å². The van der Waals surface area contributed by atoms with Crippen molar-refractivity contribution in [2.45, 2.75) is 44.9 Å². The van der Waals surface area contributed by atoms with Gasteiger partial charge in [0.25, 0.3) is 0 Å². The molecule has 0 bridgehead atoms. The van der Waals surface area contributed by atoms with Crippen molar-refractivity contribution < 1.29 is 9.59 Å². The van der Waals surface area contributed by atoms with E-state index in [0.29, 0.717) is 19.5 Å². The van der Waals surface area contributed by atoms with Gasteiger partial charge in [0.15, 0.2) is 0 Å². The van der Waals surface area contributed by atoms with Gasteiger partial charge in [0.1, 0.15) is 0 Å². The zero-order chi connectivity index (χ0) is 21.1. The Balaban J connectivity index is 1.45. The Morgan fingerprint density at radius 2 is 2.03 bits per heavy atom. The minimum absolute atomic E-state index is 0.0572. The molecule has 0 radical (unpaired) electrons. The lowest BCUT2D eigenvalue weighted by Gasteiger charge is -2.33. The number of halogens is 1. The van der Waals surface area contributed by atoms with Gasteiger partial charge in [-0.1, -0.05) is 23.7 Å². The van der Waals surface area contributed by atoms with E-state index in [-0.39, 0.29) is 24.3 Å². The van der Waals surface area contributed by atoms with Gasteiger partial charge >= 0.3 is 0 Å². The van der Waals surface area contributed by atoms with Gasteiger partial charge in [-0.05, 0) is 68.0 Å². The molecule has 2 aromatic rings. The van der Waals surface area contributed by atoms with Crippen LogP contribution >= 0.6 is 11.6 Å². The highest BCUT2D eigenvalue weighted by Gasteiger charge is 2.29. The van der Waals surface area contributed by atoms with Gasteiger partial charge in [-0.2, -0.15) is 0 Å². The molecule has 158 valence electrons. The average Bonchev–Trinajstić information content (AvgIpc) is 3.12. The van der Waals surface area contributed by atoms with E-state index in [9.17, 15) is 9.59 Å². The predicted octanol–water partition coefficient (Wildman–Crippen LogP) is 3.96. The number of hydrogen-bond donors (Lipinski definition) is 0. The van der Waals surface area contributed by atoms with E-state index in [1.165, 1.54) is 11.1 Å². The zero-order valence-electron chi connectivity index (χ0n) is 17.4. The number of nitrogens with zero attached hydrogens (tertiary/aromatic N) is 3. The summed E-state index contributed by atoms with van der Waals surface area (Å²) in [6.07, 6.45) is 4.22. The Morgan fingerprint density at radius 1 is 1.17 bits per heavy atom. The highest BCUT2D eigenvalue weighted by molar-refractivity contribution is 6.30. The van der Waals surface area contributed by atoms with E-state index in [2.05, 4.69) is 18.2 Å². The van der Waals surface area contributed by atoms with Crippen LogP contribution < -0.4 is 0 Å². The number of benzene rings is 1. The molecule has 2 saturated heterocycles. The fourth-order valence-electron chi connectivity index (χ4n) is 4.54. The van der Waals surface area contributed by atoms with E-state index >= 15 is 0 Å². The fourth-order valence-corrected chi connectivity index (χ4v) is 4.75. The maximum Gasteiger partial charge on any atom is 0.242 e. The second-order valence-electron chi connectivity index (χ2n) is 8.45. The lowest BCUT2D eigenvalue weighted by molar-refractivity contribution is -0.139. The molecule has 30 heavy (non-hydrogen) atoms. The van der Waals surface area contributed by atoms with Crippen LogP contribution in [0.4, 0.5) is 0 Å². The smallest absolute Gasteiger partial charge is 0.242 e. The van der Waals surface area contributed by atoms with Crippen molar-refractivity contribution in [2.75, 3.05) is 26.2 Å². The van der Waals surface area contributed by atoms with Crippen molar-refractivity contribution in [1.82, 2.24) is 14.8 Å². The summed E-state index contributed by atoms with van der Waals surface area (Å²) < 4.78 is 0. The summed E-state index contributed by atoms with van der Waals surface area (Å²) in [7, 11) is 0. The van der Waals surface area contributed by atoms with Crippen molar-refractivity contribution in [1.29, 1.82) is 0 Å². The number of pyridine rings is 1. The summed E-state index contributed by atoms with van der Waals surface area (Å²) in [4.78, 5) is 33.1. The molecular formula is C24H28ClN3O2. The highest BCUT2D eigenvalue weighted by Crippen LogP contribution is 2.28. The topological polar surface area (TPSA) is 53.5 Å². The SMILES string of the molecule is Cc1cc(Cc2cccc(Cl)c2)cc([C@H]2CCCN(C(=O)CN3CCCC3=O)C2)n1. The number of aryl methyl sites for hydroxylation is 1. The van der Waals surface area contributed by atoms with Crippen LogP contribution in [0.15, 0.2) is 36.4 Å². The van der Waals surface area contributed by atoms with Gasteiger partial charge in [0.2, 0.25) is 11.8 Å². The fraction of sp³-hybridized carbons (Fsp3) is 0.458. The Bertz CT molecular complexity index is 946. The minimum atomic E-state index is 0.0572. The summed E-state index contributed by atoms with van der Waals surface area (Å²) in [5.74, 6) is 0.389. The molecule has 2 aliphatic heterocycles. The molecule has 1 atom stereocenters. The molecule has 0 spiro atoms. The highest BCUT2D eigenvalue weighted by atomic mass is 35.5. The Kier molecular flexibility index (Phi) is 6.38. The molecule has 1 aromatic heterocycles. The molecule has 1 aromatic carbocycles. The number of carbonyl (C=O) groups excluding carboxylic acids is 2. The predicted molar refractivity (Wildman–Crippen MR) is 118 cm³/mol. The van der Waals surface area contributed by atoms with E-state index in [4.69, 9.17) is 16.6 Å². The van der Waals surface area contributed by atoms with Crippen molar-refractivity contribution in [3.63, 3.8) is 0 Å². The summed E-state index contributed by atoms with van der Waals surface area (Å²) >= 11 is 6.14. The molecule has 2 aliphatic rings. The first-order valence-electron chi connectivity index (χ1n) is 10.8. The monoisotopic (exact) mass is 425 g/mol. The number of rotatable bonds is 5. The maximum absolute atomic E-state index is 12.8. The largest absolute Gasteiger partial charge is 0.340 e.